The van der Waals surface area contributed by atoms with Crippen LogP contribution in [-0.4, -0.2) is 38.2 Å². The zero-order chi connectivity index (χ0) is 12.3. The number of halogens is 1. The van der Waals surface area contributed by atoms with Gasteiger partial charge in [0.1, 0.15) is 0 Å². The number of hydrogen-bond acceptors (Lipinski definition) is 4. The second kappa shape index (κ2) is 6.47. The van der Waals surface area contributed by atoms with Gasteiger partial charge in [-0.15, -0.1) is 12.4 Å². The Morgan fingerprint density at radius 2 is 2.11 bits per heavy atom. The van der Waals surface area contributed by atoms with Crippen LogP contribution in [0.2, 0.25) is 0 Å². The van der Waals surface area contributed by atoms with Crippen molar-refractivity contribution in [3.63, 3.8) is 0 Å². The third-order valence-corrected chi connectivity index (χ3v) is 2.61. The quantitative estimate of drug-likeness (QED) is 0.889. The van der Waals surface area contributed by atoms with Gasteiger partial charge in [0, 0.05) is 13.6 Å². The van der Waals surface area contributed by atoms with Crippen molar-refractivity contribution in [2.24, 2.45) is 0 Å². The minimum Gasteiger partial charge on any atom is -0.454 e. The van der Waals surface area contributed by atoms with E-state index in [9.17, 15) is 4.79 Å². The fraction of sp³-hybridized carbons (Fsp3) is 0.417. The third-order valence-electron chi connectivity index (χ3n) is 2.61. The molecule has 1 aliphatic rings. The molecule has 1 amide bonds. The van der Waals surface area contributed by atoms with Gasteiger partial charge in [-0.05, 0) is 24.7 Å². The van der Waals surface area contributed by atoms with Gasteiger partial charge in [0.2, 0.25) is 12.7 Å². The summed E-state index contributed by atoms with van der Waals surface area (Å²) in [4.78, 5) is 13.3. The molecule has 0 spiro atoms. The van der Waals surface area contributed by atoms with Crippen molar-refractivity contribution in [2.45, 2.75) is 6.54 Å². The van der Waals surface area contributed by atoms with Crippen molar-refractivity contribution in [1.29, 1.82) is 0 Å². The fourth-order valence-electron chi connectivity index (χ4n) is 1.69. The lowest BCUT2D eigenvalue weighted by Crippen LogP contribution is -2.33. The molecule has 18 heavy (non-hydrogen) atoms. The average molecular weight is 273 g/mol. The highest BCUT2D eigenvalue weighted by Gasteiger charge is 2.14. The van der Waals surface area contributed by atoms with E-state index in [-0.39, 0.29) is 25.1 Å². The van der Waals surface area contributed by atoms with Crippen molar-refractivity contribution >= 4 is 18.3 Å². The van der Waals surface area contributed by atoms with E-state index in [1.165, 1.54) is 0 Å². The van der Waals surface area contributed by atoms with Gasteiger partial charge in [-0.25, -0.2) is 0 Å². The lowest BCUT2D eigenvalue weighted by molar-refractivity contribution is -0.129. The molecule has 100 valence electrons. The van der Waals surface area contributed by atoms with E-state index in [0.717, 1.165) is 17.1 Å². The zero-order valence-corrected chi connectivity index (χ0v) is 11.3. The van der Waals surface area contributed by atoms with Crippen LogP contribution in [0.15, 0.2) is 18.2 Å². The molecule has 1 N–H and O–H groups in total. The Labute approximate surface area is 112 Å². The number of rotatable bonds is 4. The molecule has 2 rings (SSSR count). The summed E-state index contributed by atoms with van der Waals surface area (Å²) in [5.41, 5.74) is 1.03. The lowest BCUT2D eigenvalue weighted by atomic mass is 10.2. The predicted octanol–water partition coefficient (Wildman–Crippen LogP) is 1.01. The van der Waals surface area contributed by atoms with Crippen LogP contribution in [0.5, 0.6) is 11.5 Å². The van der Waals surface area contributed by atoms with Gasteiger partial charge >= 0.3 is 0 Å². The molecule has 0 atom stereocenters. The first kappa shape index (κ1) is 14.6. The summed E-state index contributed by atoms with van der Waals surface area (Å²) in [6.07, 6.45) is 0. The Bertz CT molecular complexity index is 426. The molecule has 0 fully saturated rings. The van der Waals surface area contributed by atoms with Crippen LogP contribution in [0, 0.1) is 0 Å². The summed E-state index contributed by atoms with van der Waals surface area (Å²) in [7, 11) is 3.54. The molecule has 5 nitrogen and oxygen atoms in total. The summed E-state index contributed by atoms with van der Waals surface area (Å²) in [6, 6.07) is 5.72. The van der Waals surface area contributed by atoms with E-state index < -0.39 is 0 Å². The minimum absolute atomic E-state index is 0. The average Bonchev–Trinajstić information content (AvgIpc) is 2.76. The van der Waals surface area contributed by atoms with E-state index in [0.29, 0.717) is 13.1 Å². The molecular weight excluding hydrogens is 256 g/mol. The van der Waals surface area contributed by atoms with E-state index in [2.05, 4.69) is 5.32 Å². The fourth-order valence-corrected chi connectivity index (χ4v) is 1.69. The number of carbonyl (C=O) groups excluding carboxylic acids is 1. The van der Waals surface area contributed by atoms with E-state index in [1.807, 2.05) is 18.2 Å². The Balaban J connectivity index is 0.00000162. The molecule has 1 heterocycles. The van der Waals surface area contributed by atoms with Crippen molar-refractivity contribution < 1.29 is 14.3 Å². The molecular formula is C12H17ClN2O3. The highest BCUT2D eigenvalue weighted by molar-refractivity contribution is 5.85. The monoisotopic (exact) mass is 272 g/mol. The molecule has 0 bridgehead atoms. The van der Waals surface area contributed by atoms with Gasteiger partial charge in [-0.3, -0.25) is 4.79 Å². The number of amides is 1. The first-order valence-corrected chi connectivity index (χ1v) is 5.48. The van der Waals surface area contributed by atoms with Crippen LogP contribution >= 0.6 is 12.4 Å². The van der Waals surface area contributed by atoms with Crippen LogP contribution in [0.1, 0.15) is 5.56 Å². The summed E-state index contributed by atoms with van der Waals surface area (Å²) < 4.78 is 10.5. The number of nitrogens with one attached hydrogen (secondary N) is 1. The third kappa shape index (κ3) is 3.27. The molecule has 1 aromatic rings. The number of carbonyl (C=O) groups is 1. The van der Waals surface area contributed by atoms with Crippen molar-refractivity contribution in [1.82, 2.24) is 10.2 Å². The van der Waals surface area contributed by atoms with Gasteiger partial charge in [-0.2, -0.15) is 0 Å². The van der Waals surface area contributed by atoms with Crippen molar-refractivity contribution in [3.8, 4) is 11.5 Å². The highest BCUT2D eigenvalue weighted by Crippen LogP contribution is 2.32. The normalized spacial score (nSPS) is 11.9. The standard InChI is InChI=1S/C12H16N2O3.ClH/c1-13-6-12(15)14(2)7-9-3-4-10-11(5-9)17-8-16-10;/h3-5,13H,6-8H2,1-2H3;1H. The number of nitrogens with zero attached hydrogens (tertiary/aromatic N) is 1. The first-order valence-electron chi connectivity index (χ1n) is 5.48. The summed E-state index contributed by atoms with van der Waals surface area (Å²) >= 11 is 0. The minimum atomic E-state index is 0. The Hall–Kier alpha value is -1.46. The molecule has 0 aromatic heterocycles. The van der Waals surface area contributed by atoms with Gasteiger partial charge in [-0.1, -0.05) is 6.07 Å². The SMILES string of the molecule is CNCC(=O)N(C)Cc1ccc2c(c1)OCO2.Cl. The number of hydrogen-bond donors (Lipinski definition) is 1. The van der Waals surface area contributed by atoms with E-state index in [4.69, 9.17) is 9.47 Å². The lowest BCUT2D eigenvalue weighted by Gasteiger charge is -2.17. The van der Waals surface area contributed by atoms with Crippen molar-refractivity contribution in [2.75, 3.05) is 27.4 Å². The maximum atomic E-state index is 11.6. The van der Waals surface area contributed by atoms with Crippen molar-refractivity contribution in [3.05, 3.63) is 23.8 Å². The van der Waals surface area contributed by atoms with Gasteiger partial charge in [0.25, 0.3) is 0 Å². The van der Waals surface area contributed by atoms with Crippen LogP contribution in [0.4, 0.5) is 0 Å². The van der Waals surface area contributed by atoms with Gasteiger partial charge < -0.3 is 19.7 Å². The summed E-state index contributed by atoms with van der Waals surface area (Å²) in [5, 5.41) is 2.84. The smallest absolute Gasteiger partial charge is 0.236 e. The van der Waals surface area contributed by atoms with Crippen LogP contribution in [0.25, 0.3) is 0 Å². The molecule has 0 unspecified atom stereocenters. The van der Waals surface area contributed by atoms with Gasteiger partial charge in [0.05, 0.1) is 6.54 Å². The number of likely N-dealkylation sites (N-methyl/N-ethyl adjacent to an activating group) is 2. The predicted molar refractivity (Wildman–Crippen MR) is 70.2 cm³/mol. The molecule has 6 heteroatoms. The maximum absolute atomic E-state index is 11.6. The Kier molecular flexibility index (Phi) is 5.25. The van der Waals surface area contributed by atoms with Crippen LogP contribution in [-0.2, 0) is 11.3 Å². The van der Waals surface area contributed by atoms with Gasteiger partial charge in [0.15, 0.2) is 11.5 Å². The molecule has 0 saturated heterocycles. The number of benzene rings is 1. The first-order chi connectivity index (χ1) is 8.20. The van der Waals surface area contributed by atoms with Crippen LogP contribution < -0.4 is 14.8 Å². The Morgan fingerprint density at radius 1 is 1.39 bits per heavy atom. The summed E-state index contributed by atoms with van der Waals surface area (Å²) in [6.45, 7) is 1.19. The second-order valence-electron chi connectivity index (χ2n) is 3.97. The van der Waals surface area contributed by atoms with Crippen LogP contribution in [0.3, 0.4) is 0 Å². The molecule has 0 aliphatic carbocycles. The molecule has 0 saturated carbocycles. The van der Waals surface area contributed by atoms with E-state index >= 15 is 0 Å². The molecule has 0 radical (unpaired) electrons. The molecule has 1 aliphatic heterocycles. The Morgan fingerprint density at radius 3 is 2.83 bits per heavy atom. The largest absolute Gasteiger partial charge is 0.454 e. The van der Waals surface area contributed by atoms with E-state index in [1.54, 1.807) is 19.0 Å². The highest BCUT2D eigenvalue weighted by atomic mass is 35.5. The number of ether oxygens (including phenoxy) is 2. The maximum Gasteiger partial charge on any atom is 0.236 e. The topological polar surface area (TPSA) is 50.8 Å². The zero-order valence-electron chi connectivity index (χ0n) is 10.4. The second-order valence-corrected chi connectivity index (χ2v) is 3.97. The molecule has 1 aromatic carbocycles. The summed E-state index contributed by atoms with van der Waals surface area (Å²) in [5.74, 6) is 1.57. The number of fused-ring (bicyclic) bond motifs is 1.